The number of rotatable bonds is 5. The molecular formula is C17H16F3N3S2. The van der Waals surface area contributed by atoms with Crippen LogP contribution in [0, 0.1) is 24.2 Å². The van der Waals surface area contributed by atoms with E-state index in [0.717, 1.165) is 18.7 Å². The maximum atomic E-state index is 14.3. The minimum absolute atomic E-state index is 0.0121. The van der Waals surface area contributed by atoms with Crippen molar-refractivity contribution in [1.29, 1.82) is 5.26 Å². The first-order chi connectivity index (χ1) is 11.7. The number of halogens is 3. The Labute approximate surface area is 152 Å². The highest BCUT2D eigenvalue weighted by atomic mass is 32.2. The predicted molar refractivity (Wildman–Crippen MR) is 96.4 cm³/mol. The molecule has 0 bridgehead atoms. The molecule has 8 heteroatoms. The maximum absolute atomic E-state index is 14.3. The van der Waals surface area contributed by atoms with E-state index >= 15 is 0 Å². The molecule has 0 saturated heterocycles. The van der Waals surface area contributed by atoms with Gasteiger partial charge in [-0.05, 0) is 36.1 Å². The molecule has 0 unspecified atom stereocenters. The second-order valence-corrected chi connectivity index (χ2v) is 7.46. The van der Waals surface area contributed by atoms with E-state index < -0.39 is 17.5 Å². The summed E-state index contributed by atoms with van der Waals surface area (Å²) in [5, 5.41) is 11.0. The van der Waals surface area contributed by atoms with Crippen molar-refractivity contribution in [3.63, 3.8) is 0 Å². The molecule has 0 aliphatic carbocycles. The van der Waals surface area contributed by atoms with Crippen LogP contribution in [0.2, 0.25) is 0 Å². The number of nitriles is 1. The number of nitrogens with zero attached hydrogens (tertiary/aromatic N) is 3. The van der Waals surface area contributed by atoms with Crippen molar-refractivity contribution in [3.05, 3.63) is 45.9 Å². The fourth-order valence-corrected chi connectivity index (χ4v) is 3.59. The molecule has 2 rings (SSSR count). The Morgan fingerprint density at radius 3 is 2.72 bits per heavy atom. The number of benzene rings is 1. The van der Waals surface area contributed by atoms with E-state index in [2.05, 4.69) is 4.99 Å². The van der Waals surface area contributed by atoms with Crippen LogP contribution in [0.3, 0.4) is 0 Å². The normalized spacial score (nSPS) is 12.1. The zero-order valence-corrected chi connectivity index (χ0v) is 15.5. The third-order valence-corrected chi connectivity index (χ3v) is 5.43. The Bertz CT molecular complexity index is 806. The molecule has 1 heterocycles. The molecule has 0 aliphatic heterocycles. The van der Waals surface area contributed by atoms with E-state index in [1.54, 1.807) is 19.1 Å². The minimum Gasteiger partial charge on any atom is -0.265 e. The van der Waals surface area contributed by atoms with Crippen molar-refractivity contribution in [3.8, 4) is 6.19 Å². The number of hydrogen-bond acceptors (Lipinski definition) is 4. The Balaban J connectivity index is 2.44. The zero-order valence-electron chi connectivity index (χ0n) is 13.9. The molecule has 3 nitrogen and oxygen atoms in total. The molecule has 25 heavy (non-hydrogen) atoms. The van der Waals surface area contributed by atoms with Gasteiger partial charge in [-0.1, -0.05) is 6.07 Å². The fourth-order valence-electron chi connectivity index (χ4n) is 1.95. The maximum Gasteiger partial charge on any atom is 0.254 e. The first-order valence-corrected chi connectivity index (χ1v) is 9.14. The monoisotopic (exact) mass is 383 g/mol. The van der Waals surface area contributed by atoms with Gasteiger partial charge in [-0.25, -0.2) is 18.2 Å². The first kappa shape index (κ1) is 19.3. The molecule has 0 aliphatic rings. The number of amidine groups is 1. The lowest BCUT2D eigenvalue weighted by Crippen LogP contribution is -2.21. The molecule has 132 valence electrons. The number of aliphatic imine (C=N–C) groups is 1. The SMILES string of the molecule is Cc1cc(F)c(/N=C(\c2cccs2)N(C)C#N)cc1SCC(C)(F)F. The van der Waals surface area contributed by atoms with Gasteiger partial charge >= 0.3 is 0 Å². The first-order valence-electron chi connectivity index (χ1n) is 7.28. The molecule has 2 aromatic rings. The summed E-state index contributed by atoms with van der Waals surface area (Å²) in [6.45, 7) is 2.50. The van der Waals surface area contributed by atoms with Crippen LogP contribution in [-0.2, 0) is 0 Å². The minimum atomic E-state index is -2.82. The summed E-state index contributed by atoms with van der Waals surface area (Å²) in [5.74, 6) is -3.49. The van der Waals surface area contributed by atoms with Crippen molar-refractivity contribution in [2.24, 2.45) is 4.99 Å². The summed E-state index contributed by atoms with van der Waals surface area (Å²) in [6, 6.07) is 6.29. The van der Waals surface area contributed by atoms with Crippen molar-refractivity contribution < 1.29 is 13.2 Å². The molecule has 0 spiro atoms. The molecule has 0 amide bonds. The van der Waals surface area contributed by atoms with Gasteiger partial charge in [0, 0.05) is 18.9 Å². The topological polar surface area (TPSA) is 39.4 Å². The number of thiophene rings is 1. The summed E-state index contributed by atoms with van der Waals surface area (Å²) >= 11 is 2.32. The smallest absolute Gasteiger partial charge is 0.254 e. The van der Waals surface area contributed by atoms with Gasteiger partial charge in [0.05, 0.1) is 10.6 Å². The summed E-state index contributed by atoms with van der Waals surface area (Å²) in [4.78, 5) is 6.75. The summed E-state index contributed by atoms with van der Waals surface area (Å²) in [5.41, 5.74) is 0.579. The van der Waals surface area contributed by atoms with Crippen molar-refractivity contribution in [2.45, 2.75) is 24.7 Å². The van der Waals surface area contributed by atoms with Gasteiger partial charge in [-0.2, -0.15) is 5.26 Å². The fraction of sp³-hybridized carbons (Fsp3) is 0.294. The van der Waals surface area contributed by atoms with Crippen molar-refractivity contribution >= 4 is 34.6 Å². The number of aryl methyl sites for hydroxylation is 1. The average Bonchev–Trinajstić information content (AvgIpc) is 3.05. The van der Waals surface area contributed by atoms with Crippen LogP contribution in [0.25, 0.3) is 0 Å². The second-order valence-electron chi connectivity index (χ2n) is 5.50. The highest BCUT2D eigenvalue weighted by molar-refractivity contribution is 7.99. The number of alkyl halides is 2. The van der Waals surface area contributed by atoms with Gasteiger partial charge in [0.2, 0.25) is 0 Å². The molecular weight excluding hydrogens is 367 g/mol. The standard InChI is InChI=1S/C17H16F3N3S2/c1-11-7-12(18)13(8-15(11)25-9-17(2,19)20)22-16(23(3)10-21)14-5-4-6-24-14/h4-8H,9H2,1-3H3/b22-16+. The molecule has 0 fully saturated rings. The largest absolute Gasteiger partial charge is 0.265 e. The molecule has 0 radical (unpaired) electrons. The van der Waals surface area contributed by atoms with Gasteiger partial charge in [-0.3, -0.25) is 4.90 Å². The van der Waals surface area contributed by atoms with Gasteiger partial charge < -0.3 is 0 Å². The molecule has 1 aromatic carbocycles. The third kappa shape index (κ3) is 5.25. The summed E-state index contributed by atoms with van der Waals surface area (Å²) < 4.78 is 40.5. The van der Waals surface area contributed by atoms with Crippen molar-refractivity contribution in [2.75, 3.05) is 12.8 Å². The van der Waals surface area contributed by atoms with Crippen LogP contribution in [0.15, 0.2) is 39.5 Å². The Hall–Kier alpha value is -1.98. The molecule has 0 N–H and O–H groups in total. The predicted octanol–water partition coefficient (Wildman–Crippen LogP) is 5.43. The van der Waals surface area contributed by atoms with Crippen molar-refractivity contribution in [1.82, 2.24) is 4.90 Å². The molecule has 0 saturated carbocycles. The van der Waals surface area contributed by atoms with Gasteiger partial charge in [0.1, 0.15) is 11.5 Å². The van der Waals surface area contributed by atoms with E-state index in [1.807, 2.05) is 11.6 Å². The lowest BCUT2D eigenvalue weighted by Gasteiger charge is -2.14. The number of hydrogen-bond donors (Lipinski definition) is 0. The van der Waals surface area contributed by atoms with Crippen LogP contribution in [0.1, 0.15) is 17.4 Å². The summed E-state index contributed by atoms with van der Waals surface area (Å²) in [7, 11) is 1.53. The van der Waals surface area contributed by atoms with Crippen LogP contribution >= 0.6 is 23.1 Å². The van der Waals surface area contributed by atoms with Crippen LogP contribution in [0.5, 0.6) is 0 Å². The Morgan fingerprint density at radius 2 is 2.16 bits per heavy atom. The Kier molecular flexibility index (Phi) is 6.14. The van der Waals surface area contributed by atoms with E-state index in [-0.39, 0.29) is 5.69 Å². The molecule has 0 atom stereocenters. The highest BCUT2D eigenvalue weighted by Crippen LogP contribution is 2.33. The lowest BCUT2D eigenvalue weighted by molar-refractivity contribution is 0.0492. The zero-order chi connectivity index (χ0) is 18.6. The highest BCUT2D eigenvalue weighted by Gasteiger charge is 2.22. The number of thioether (sulfide) groups is 1. The van der Waals surface area contributed by atoms with Crippen LogP contribution in [0.4, 0.5) is 18.9 Å². The third-order valence-electron chi connectivity index (χ3n) is 3.16. The van der Waals surface area contributed by atoms with Gasteiger partial charge in [0.25, 0.3) is 5.92 Å². The van der Waals surface area contributed by atoms with E-state index in [4.69, 9.17) is 5.26 Å². The van der Waals surface area contributed by atoms with E-state index in [9.17, 15) is 13.2 Å². The van der Waals surface area contributed by atoms with E-state index in [0.29, 0.717) is 21.2 Å². The van der Waals surface area contributed by atoms with Crippen LogP contribution < -0.4 is 0 Å². The van der Waals surface area contributed by atoms with Crippen LogP contribution in [-0.4, -0.2) is 29.5 Å². The Morgan fingerprint density at radius 1 is 1.44 bits per heavy atom. The van der Waals surface area contributed by atoms with E-state index in [1.165, 1.54) is 35.4 Å². The second kappa shape index (κ2) is 7.93. The molecule has 1 aromatic heterocycles. The lowest BCUT2D eigenvalue weighted by atomic mass is 10.2. The van der Waals surface area contributed by atoms with Gasteiger partial charge in [-0.15, -0.1) is 23.1 Å². The quantitative estimate of drug-likeness (QED) is 0.227. The summed E-state index contributed by atoms with van der Waals surface area (Å²) in [6.07, 6.45) is 1.95. The average molecular weight is 383 g/mol. The van der Waals surface area contributed by atoms with Gasteiger partial charge in [0.15, 0.2) is 12.0 Å².